The summed E-state index contributed by atoms with van der Waals surface area (Å²) in [4.78, 5) is 22.1. The van der Waals surface area contributed by atoms with Gasteiger partial charge in [0.25, 0.3) is 5.91 Å². The van der Waals surface area contributed by atoms with Gasteiger partial charge in [-0.2, -0.15) is 0 Å². The molecule has 4 rings (SSSR count). The van der Waals surface area contributed by atoms with Crippen LogP contribution in [0.15, 0.2) is 30.5 Å². The molecule has 190 valence electrons. The lowest BCUT2D eigenvalue weighted by molar-refractivity contribution is 0.0887. The first-order valence-electron chi connectivity index (χ1n) is 13.1. The molecule has 0 radical (unpaired) electrons. The first-order chi connectivity index (χ1) is 16.8. The highest BCUT2D eigenvalue weighted by Crippen LogP contribution is 2.44. The highest BCUT2D eigenvalue weighted by Gasteiger charge is 2.44. The minimum atomic E-state index is -0.108. The van der Waals surface area contributed by atoms with Crippen LogP contribution in [0.5, 0.6) is 0 Å². The van der Waals surface area contributed by atoms with E-state index in [0.717, 1.165) is 61.2 Å². The van der Waals surface area contributed by atoms with Gasteiger partial charge in [0.15, 0.2) is 0 Å². The second-order valence-corrected chi connectivity index (χ2v) is 10.7. The number of methoxy groups -OCH3 is 1. The number of hydrogen-bond donors (Lipinski definition) is 3. The SMILES string of the molecule is COCCN[C@H]1CC[C@H](Nc2nccc(-c3ccc4c(c3)C(C(C)C)(C(C)C)CNC4=O)n2)CC1. The van der Waals surface area contributed by atoms with Crippen LogP contribution in [0.25, 0.3) is 11.3 Å². The standard InChI is InChI=1S/C28H41N5O2/c1-18(2)28(19(3)4)17-31-26(34)23-11-6-20(16-24(23)28)25-12-13-30-27(33-25)32-22-9-7-21(8-10-22)29-14-15-35-5/h6,11-13,16,18-19,21-22,29H,7-10,14-15,17H2,1-5H3,(H,31,34)(H,30,32,33)/t21-,22-. The normalized spacial score (nSPS) is 21.6. The summed E-state index contributed by atoms with van der Waals surface area (Å²) >= 11 is 0. The summed E-state index contributed by atoms with van der Waals surface area (Å²) in [5.74, 6) is 1.46. The predicted molar refractivity (Wildman–Crippen MR) is 141 cm³/mol. The summed E-state index contributed by atoms with van der Waals surface area (Å²) in [6.07, 6.45) is 6.29. The number of nitrogens with zero attached hydrogens (tertiary/aromatic N) is 2. The highest BCUT2D eigenvalue weighted by atomic mass is 16.5. The molecular weight excluding hydrogens is 438 g/mol. The van der Waals surface area contributed by atoms with Crippen molar-refractivity contribution in [2.45, 2.75) is 70.9 Å². The molecule has 0 saturated heterocycles. The largest absolute Gasteiger partial charge is 0.383 e. The molecule has 35 heavy (non-hydrogen) atoms. The molecule has 1 fully saturated rings. The van der Waals surface area contributed by atoms with E-state index in [1.807, 2.05) is 24.4 Å². The maximum atomic E-state index is 12.7. The number of aromatic nitrogens is 2. The van der Waals surface area contributed by atoms with Crippen molar-refractivity contribution in [1.82, 2.24) is 20.6 Å². The van der Waals surface area contributed by atoms with Crippen molar-refractivity contribution in [2.24, 2.45) is 11.8 Å². The van der Waals surface area contributed by atoms with Crippen molar-refractivity contribution in [1.29, 1.82) is 0 Å². The number of hydrogen-bond acceptors (Lipinski definition) is 6. The molecule has 1 aliphatic carbocycles. The van der Waals surface area contributed by atoms with Crippen molar-refractivity contribution in [3.05, 3.63) is 41.6 Å². The number of ether oxygens (including phenoxy) is 1. The molecule has 0 unspecified atom stereocenters. The Morgan fingerprint density at radius 1 is 1.09 bits per heavy atom. The second kappa shape index (κ2) is 11.0. The van der Waals surface area contributed by atoms with Gasteiger partial charge < -0.3 is 20.7 Å². The maximum Gasteiger partial charge on any atom is 0.251 e. The van der Waals surface area contributed by atoms with Gasteiger partial charge >= 0.3 is 0 Å². The van der Waals surface area contributed by atoms with Gasteiger partial charge in [-0.15, -0.1) is 0 Å². The van der Waals surface area contributed by atoms with Crippen molar-refractivity contribution >= 4 is 11.9 Å². The smallest absolute Gasteiger partial charge is 0.251 e. The Labute approximate surface area is 209 Å². The first kappa shape index (κ1) is 25.6. The van der Waals surface area contributed by atoms with E-state index in [-0.39, 0.29) is 11.3 Å². The van der Waals surface area contributed by atoms with Gasteiger partial charge in [0.2, 0.25) is 5.95 Å². The number of carbonyl (C=O) groups is 1. The Hall–Kier alpha value is -2.51. The van der Waals surface area contributed by atoms with E-state index in [9.17, 15) is 4.79 Å². The van der Waals surface area contributed by atoms with Crippen LogP contribution in [0, 0.1) is 11.8 Å². The zero-order valence-electron chi connectivity index (χ0n) is 21.9. The Kier molecular flexibility index (Phi) is 8.07. The van der Waals surface area contributed by atoms with Crippen LogP contribution in [0.1, 0.15) is 69.3 Å². The van der Waals surface area contributed by atoms with Crippen LogP contribution in [-0.2, 0) is 10.2 Å². The minimum absolute atomic E-state index is 0.0147. The summed E-state index contributed by atoms with van der Waals surface area (Å²) in [6, 6.07) is 9.07. The molecule has 2 aromatic rings. The van der Waals surface area contributed by atoms with Gasteiger partial charge in [-0.25, -0.2) is 9.97 Å². The average Bonchev–Trinajstić information content (AvgIpc) is 2.85. The lowest BCUT2D eigenvalue weighted by atomic mass is 9.61. The quantitative estimate of drug-likeness (QED) is 0.462. The summed E-state index contributed by atoms with van der Waals surface area (Å²) in [7, 11) is 1.74. The number of carbonyl (C=O) groups excluding carboxylic acids is 1. The monoisotopic (exact) mass is 479 g/mol. The predicted octanol–water partition coefficient (Wildman–Crippen LogP) is 4.40. The third kappa shape index (κ3) is 5.36. The summed E-state index contributed by atoms with van der Waals surface area (Å²) in [6.45, 7) is 11.3. The summed E-state index contributed by atoms with van der Waals surface area (Å²) in [5.41, 5.74) is 3.72. The van der Waals surface area contributed by atoms with Crippen LogP contribution >= 0.6 is 0 Å². The number of rotatable bonds is 9. The fourth-order valence-electron chi connectivity index (χ4n) is 5.98. The zero-order chi connectivity index (χ0) is 25.0. The number of amides is 1. The third-order valence-corrected chi connectivity index (χ3v) is 8.12. The molecule has 1 amide bonds. The van der Waals surface area contributed by atoms with Gasteiger partial charge in [0.1, 0.15) is 0 Å². The summed E-state index contributed by atoms with van der Waals surface area (Å²) in [5, 5.41) is 10.3. The van der Waals surface area contributed by atoms with E-state index in [2.05, 4.69) is 54.7 Å². The van der Waals surface area contributed by atoms with E-state index in [1.165, 1.54) is 0 Å². The Morgan fingerprint density at radius 3 is 2.49 bits per heavy atom. The molecule has 0 bridgehead atoms. The molecule has 1 aromatic heterocycles. The summed E-state index contributed by atoms with van der Waals surface area (Å²) < 4.78 is 5.14. The Balaban J connectivity index is 1.52. The van der Waals surface area contributed by atoms with Crippen LogP contribution in [0.3, 0.4) is 0 Å². The average molecular weight is 480 g/mol. The first-order valence-corrected chi connectivity index (χ1v) is 13.1. The molecular formula is C28H41N5O2. The molecule has 2 heterocycles. The second-order valence-electron chi connectivity index (χ2n) is 10.7. The van der Waals surface area contributed by atoms with Gasteiger partial charge in [0.05, 0.1) is 12.3 Å². The highest BCUT2D eigenvalue weighted by molar-refractivity contribution is 5.98. The molecule has 3 N–H and O–H groups in total. The topological polar surface area (TPSA) is 88.2 Å². The molecule has 1 aliphatic heterocycles. The Bertz CT molecular complexity index is 1010. The molecule has 2 aliphatic rings. The van der Waals surface area contributed by atoms with Crippen LogP contribution in [-0.4, -0.2) is 54.8 Å². The number of benzene rings is 1. The molecule has 1 aromatic carbocycles. The van der Waals surface area contributed by atoms with Gasteiger partial charge in [-0.1, -0.05) is 33.8 Å². The molecule has 7 nitrogen and oxygen atoms in total. The van der Waals surface area contributed by atoms with Gasteiger partial charge in [-0.05, 0) is 61.3 Å². The van der Waals surface area contributed by atoms with Crippen molar-refractivity contribution < 1.29 is 9.53 Å². The third-order valence-electron chi connectivity index (χ3n) is 8.12. The number of anilines is 1. The van der Waals surface area contributed by atoms with E-state index >= 15 is 0 Å². The maximum absolute atomic E-state index is 12.7. The number of nitrogens with one attached hydrogen (secondary N) is 3. The lowest BCUT2D eigenvalue weighted by Gasteiger charge is -2.46. The van der Waals surface area contributed by atoms with Gasteiger partial charge in [-0.3, -0.25) is 4.79 Å². The van der Waals surface area contributed by atoms with Crippen LogP contribution < -0.4 is 16.0 Å². The van der Waals surface area contributed by atoms with E-state index < -0.39 is 0 Å². The van der Waals surface area contributed by atoms with Crippen molar-refractivity contribution in [3.8, 4) is 11.3 Å². The number of fused-ring (bicyclic) bond motifs is 1. The van der Waals surface area contributed by atoms with E-state index in [0.29, 0.717) is 36.4 Å². The Morgan fingerprint density at radius 2 is 1.80 bits per heavy atom. The van der Waals surface area contributed by atoms with Crippen molar-refractivity contribution in [2.75, 3.05) is 32.1 Å². The molecule has 7 heteroatoms. The van der Waals surface area contributed by atoms with Crippen LogP contribution in [0.2, 0.25) is 0 Å². The fourth-order valence-corrected chi connectivity index (χ4v) is 5.98. The van der Waals surface area contributed by atoms with Crippen molar-refractivity contribution in [3.63, 3.8) is 0 Å². The van der Waals surface area contributed by atoms with E-state index in [1.54, 1.807) is 7.11 Å². The lowest BCUT2D eigenvalue weighted by Crippen LogP contribution is -2.53. The fraction of sp³-hybridized carbons (Fsp3) is 0.607. The van der Waals surface area contributed by atoms with Gasteiger partial charge in [0, 0.05) is 55.0 Å². The molecule has 1 saturated carbocycles. The molecule has 0 spiro atoms. The molecule has 0 atom stereocenters. The van der Waals surface area contributed by atoms with E-state index in [4.69, 9.17) is 9.72 Å². The minimum Gasteiger partial charge on any atom is -0.383 e. The van der Waals surface area contributed by atoms with Crippen LogP contribution in [0.4, 0.5) is 5.95 Å². The zero-order valence-corrected chi connectivity index (χ0v) is 21.9.